The maximum absolute atomic E-state index is 13.1. The Balaban J connectivity index is 0.00000243. The van der Waals surface area contributed by atoms with Crippen LogP contribution in [0, 0.1) is 11.8 Å². The lowest BCUT2D eigenvalue weighted by Gasteiger charge is -2.48. The number of carbonyl (C=O) groups is 2. The van der Waals surface area contributed by atoms with Gasteiger partial charge in [-0.05, 0) is 55.2 Å². The molecular formula is C38H52N4O11. The van der Waals surface area contributed by atoms with Crippen LogP contribution in [0.2, 0.25) is 0 Å². The van der Waals surface area contributed by atoms with Crippen LogP contribution in [-0.4, -0.2) is 90.5 Å². The van der Waals surface area contributed by atoms with Gasteiger partial charge in [-0.25, -0.2) is 4.79 Å². The minimum atomic E-state index is -0.946. The molecule has 290 valence electrons. The smallest absolute Gasteiger partial charge is 0.410 e. The van der Waals surface area contributed by atoms with Gasteiger partial charge in [0, 0.05) is 37.4 Å². The molecule has 1 amide bonds. The zero-order valence-electron chi connectivity index (χ0n) is 31.0. The van der Waals surface area contributed by atoms with Crippen LogP contribution < -0.4 is 0 Å². The van der Waals surface area contributed by atoms with Gasteiger partial charge in [0.2, 0.25) is 0 Å². The number of benzene rings is 2. The van der Waals surface area contributed by atoms with E-state index in [1.54, 1.807) is 18.7 Å². The summed E-state index contributed by atoms with van der Waals surface area (Å²) < 4.78 is 36.1. The molecule has 15 nitrogen and oxygen atoms in total. The Hall–Kier alpha value is -4.33. The van der Waals surface area contributed by atoms with Gasteiger partial charge in [-0.15, -0.1) is 0 Å². The monoisotopic (exact) mass is 740 g/mol. The molecule has 10 atom stereocenters. The van der Waals surface area contributed by atoms with Crippen LogP contribution in [-0.2, 0) is 56.0 Å². The van der Waals surface area contributed by atoms with Crippen molar-refractivity contribution in [3.8, 4) is 0 Å². The summed E-state index contributed by atoms with van der Waals surface area (Å²) in [5.41, 5.74) is 11.4. The van der Waals surface area contributed by atoms with E-state index in [4.69, 9.17) is 38.0 Å². The summed E-state index contributed by atoms with van der Waals surface area (Å²) in [5.74, 6) is -1.27. The molecule has 2 fully saturated rings. The molecule has 2 aliphatic heterocycles. The number of ether oxygens (including phenoxy) is 6. The second-order valence-corrected chi connectivity index (χ2v) is 13.2. The van der Waals surface area contributed by atoms with E-state index in [0.717, 1.165) is 24.0 Å². The number of nitrogens with zero attached hydrogens (tertiary/aromatic N) is 4. The van der Waals surface area contributed by atoms with Crippen molar-refractivity contribution in [2.45, 2.75) is 123 Å². The predicted molar refractivity (Wildman–Crippen MR) is 189 cm³/mol. The van der Waals surface area contributed by atoms with Crippen LogP contribution >= 0.6 is 0 Å². The molecule has 1 N–H and O–H groups in total. The summed E-state index contributed by atoms with van der Waals surface area (Å²) in [7, 11) is 0. The molecule has 53 heavy (non-hydrogen) atoms. The van der Waals surface area contributed by atoms with E-state index in [1.807, 2.05) is 74.5 Å². The number of unbranched alkanes of at least 4 members (excludes halogenated alkanes) is 2. The van der Waals surface area contributed by atoms with Gasteiger partial charge < -0.3 is 38.4 Å². The second kappa shape index (κ2) is 22.7. The Morgan fingerprint density at radius 2 is 1.57 bits per heavy atom. The van der Waals surface area contributed by atoms with Gasteiger partial charge >= 0.3 is 18.2 Å². The molecule has 2 aromatic rings. The fourth-order valence-corrected chi connectivity index (χ4v) is 6.50. The molecule has 2 aromatic carbocycles. The molecular weight excluding hydrogens is 688 g/mol. The lowest BCUT2D eigenvalue weighted by Crippen LogP contribution is -2.59. The number of hydrogen-bond acceptors (Lipinski definition) is 12. The molecule has 0 saturated carbocycles. The highest BCUT2D eigenvalue weighted by Gasteiger charge is 2.49. The summed E-state index contributed by atoms with van der Waals surface area (Å²) in [5, 5.41) is 14.6. The number of esters is 1. The minimum absolute atomic E-state index is 0.206. The van der Waals surface area contributed by atoms with Crippen LogP contribution in [0.25, 0.3) is 10.4 Å². The van der Waals surface area contributed by atoms with Gasteiger partial charge in [-0.2, -0.15) is 9.59 Å². The Bertz CT molecular complexity index is 1470. The first kappa shape index (κ1) is 43.1. The lowest BCUT2D eigenvalue weighted by molar-refractivity contribution is -0.329. The standard InChI is InChI=1S/C37H52N4O9.CO2/c1-6-30-33(50-36-34(48-27(5)42)25(3)32(43)26(4)47-36)24(2)31(39-40-38)35(49-30)45-21-15-9-14-20-41(22-28-16-10-7-11-17-28)37(44)46-23-29-18-12-8-13-19-29;2-1-3/h7-8,10-13,16-19,24-26,30-36,43H,6,9,14-15,20-23H2,1-5H3;/t24-,25+,26?,30?,31?,32+,33+,34?,35+,36+;/m1./s1. The first-order chi connectivity index (χ1) is 25.5. The third kappa shape index (κ3) is 13.2. The number of hydrogen-bond donors (Lipinski definition) is 1. The Kier molecular flexibility index (Phi) is 18.4. The fourth-order valence-electron chi connectivity index (χ4n) is 6.50. The normalized spacial score (nSPS) is 27.9. The van der Waals surface area contributed by atoms with Crippen LogP contribution in [0.4, 0.5) is 4.79 Å². The topological polar surface area (TPSA) is 196 Å². The average Bonchev–Trinajstić information content (AvgIpc) is 3.15. The number of carbonyl (C=O) groups excluding carboxylic acids is 4. The first-order valence-corrected chi connectivity index (χ1v) is 18.0. The largest absolute Gasteiger partial charge is 0.457 e. The molecule has 4 rings (SSSR count). The summed E-state index contributed by atoms with van der Waals surface area (Å²) in [4.78, 5) is 46.0. The zero-order chi connectivity index (χ0) is 38.8. The molecule has 0 spiro atoms. The maximum Gasteiger partial charge on any atom is 0.410 e. The van der Waals surface area contributed by atoms with Crippen molar-refractivity contribution >= 4 is 18.2 Å². The van der Waals surface area contributed by atoms with Crippen molar-refractivity contribution in [2.75, 3.05) is 13.2 Å². The van der Waals surface area contributed by atoms with Gasteiger partial charge in [0.1, 0.15) is 6.61 Å². The highest BCUT2D eigenvalue weighted by Crippen LogP contribution is 2.37. The van der Waals surface area contributed by atoms with Crippen LogP contribution in [0.5, 0.6) is 0 Å². The quantitative estimate of drug-likeness (QED) is 0.0703. The number of amides is 1. The summed E-state index contributed by atoms with van der Waals surface area (Å²) >= 11 is 0. The number of aliphatic hydroxyl groups excluding tert-OH is 1. The number of rotatable bonds is 16. The molecule has 15 heteroatoms. The molecule has 0 aliphatic carbocycles. The first-order valence-electron chi connectivity index (χ1n) is 18.0. The number of azide groups is 1. The van der Waals surface area contributed by atoms with E-state index in [0.29, 0.717) is 32.5 Å². The van der Waals surface area contributed by atoms with Gasteiger partial charge in [-0.1, -0.05) is 86.5 Å². The van der Waals surface area contributed by atoms with Crippen molar-refractivity contribution in [2.24, 2.45) is 17.0 Å². The van der Waals surface area contributed by atoms with Crippen molar-refractivity contribution in [3.63, 3.8) is 0 Å². The van der Waals surface area contributed by atoms with Gasteiger partial charge in [0.25, 0.3) is 0 Å². The van der Waals surface area contributed by atoms with E-state index < -0.39 is 61.0 Å². The fraction of sp³-hybridized carbons (Fsp3) is 0.605. The van der Waals surface area contributed by atoms with Gasteiger partial charge in [-0.3, -0.25) is 4.79 Å². The minimum Gasteiger partial charge on any atom is -0.457 e. The summed E-state index contributed by atoms with van der Waals surface area (Å²) in [6.45, 7) is 10.2. The van der Waals surface area contributed by atoms with Crippen molar-refractivity contribution < 1.29 is 52.7 Å². The van der Waals surface area contributed by atoms with Crippen molar-refractivity contribution in [3.05, 3.63) is 82.2 Å². The van der Waals surface area contributed by atoms with Crippen LogP contribution in [0.3, 0.4) is 0 Å². The third-order valence-corrected chi connectivity index (χ3v) is 9.38. The molecule has 0 aromatic heterocycles. The van der Waals surface area contributed by atoms with Crippen LogP contribution in [0.1, 0.15) is 71.4 Å². The van der Waals surface area contributed by atoms with Gasteiger partial charge in [0.15, 0.2) is 18.7 Å². The second-order valence-electron chi connectivity index (χ2n) is 13.2. The van der Waals surface area contributed by atoms with Crippen LogP contribution in [0.15, 0.2) is 65.8 Å². The third-order valence-electron chi connectivity index (χ3n) is 9.38. The van der Waals surface area contributed by atoms with E-state index in [2.05, 4.69) is 10.0 Å². The average molecular weight is 741 g/mol. The highest BCUT2D eigenvalue weighted by atomic mass is 16.7. The van der Waals surface area contributed by atoms with Crippen molar-refractivity contribution in [1.82, 2.24) is 4.90 Å². The SMILES string of the molecule is CCC1O[C@H](OCCCCCN(Cc2ccccc2)C(=O)OCc2ccccc2)C(N=[N+]=[N-])[C@@H](C)[C@@H]1O[C@@H]1OC(C)[C@@H](O)[C@H](C)C1OC(C)=O.O=C=O. The van der Waals surface area contributed by atoms with E-state index >= 15 is 0 Å². The molecule has 0 radical (unpaired) electrons. The molecule has 2 aliphatic rings. The summed E-state index contributed by atoms with van der Waals surface area (Å²) in [6, 6.07) is 18.7. The Labute approximate surface area is 310 Å². The molecule has 0 bridgehead atoms. The maximum atomic E-state index is 13.1. The molecule has 2 heterocycles. The zero-order valence-corrected chi connectivity index (χ0v) is 31.0. The van der Waals surface area contributed by atoms with E-state index in [9.17, 15) is 20.2 Å². The Morgan fingerprint density at radius 1 is 0.925 bits per heavy atom. The van der Waals surface area contributed by atoms with Crippen molar-refractivity contribution in [1.29, 1.82) is 0 Å². The molecule has 4 unspecified atom stereocenters. The van der Waals surface area contributed by atoms with E-state index in [-0.39, 0.29) is 24.8 Å². The summed E-state index contributed by atoms with van der Waals surface area (Å²) in [6.07, 6.45) is -2.25. The number of aliphatic hydroxyl groups is 1. The highest BCUT2D eigenvalue weighted by molar-refractivity contribution is 5.67. The lowest BCUT2D eigenvalue weighted by atomic mass is 9.87. The predicted octanol–water partition coefficient (Wildman–Crippen LogP) is 5.94. The van der Waals surface area contributed by atoms with E-state index in [1.165, 1.54) is 6.92 Å². The Morgan fingerprint density at radius 3 is 2.17 bits per heavy atom. The van der Waals surface area contributed by atoms with Gasteiger partial charge in [0.05, 0.1) is 30.5 Å². The molecule has 2 saturated heterocycles.